The second kappa shape index (κ2) is 7.00. The number of ketones is 1. The number of allylic oxidation sites excluding steroid dienone is 1. The molecule has 4 nitrogen and oxygen atoms in total. The molecule has 0 fully saturated rings. The maximum absolute atomic E-state index is 12.5. The number of pyridine rings is 1. The topological polar surface area (TPSA) is 59.1 Å². The number of benzene rings is 1. The summed E-state index contributed by atoms with van der Waals surface area (Å²) < 4.78 is 0. The van der Waals surface area contributed by atoms with E-state index >= 15 is 0 Å². The first-order valence-electron chi connectivity index (χ1n) is 6.69. The van der Waals surface area contributed by atoms with Gasteiger partial charge in [0.25, 0.3) is 0 Å². The van der Waals surface area contributed by atoms with Gasteiger partial charge in [-0.15, -0.1) is 0 Å². The molecule has 1 heterocycles. The summed E-state index contributed by atoms with van der Waals surface area (Å²) in [5.41, 5.74) is 1.79. The third kappa shape index (κ3) is 4.02. The fraction of sp³-hybridized carbons (Fsp3) is 0.118. The molecule has 22 heavy (non-hydrogen) atoms. The Balaban J connectivity index is 2.38. The lowest BCUT2D eigenvalue weighted by Gasteiger charge is -2.09. The van der Waals surface area contributed by atoms with E-state index in [1.165, 1.54) is 12.1 Å². The summed E-state index contributed by atoms with van der Waals surface area (Å²) in [6.45, 7) is 3.63. The van der Waals surface area contributed by atoms with Crippen molar-refractivity contribution < 1.29 is 9.59 Å². The Morgan fingerprint density at radius 1 is 1.09 bits per heavy atom. The van der Waals surface area contributed by atoms with Gasteiger partial charge in [0.05, 0.1) is 5.69 Å². The number of amides is 1. The molecule has 1 aromatic carbocycles. The zero-order chi connectivity index (χ0) is 16.1. The molecule has 0 spiro atoms. The molecule has 1 aromatic heterocycles. The molecule has 2 rings (SSSR count). The Morgan fingerprint density at radius 3 is 2.41 bits per heavy atom. The molecule has 0 aliphatic rings. The van der Waals surface area contributed by atoms with Crippen molar-refractivity contribution in [2.24, 2.45) is 0 Å². The van der Waals surface area contributed by atoms with Crippen LogP contribution in [0.15, 0.2) is 54.1 Å². The van der Waals surface area contributed by atoms with Crippen molar-refractivity contribution in [1.29, 1.82) is 0 Å². The summed E-state index contributed by atoms with van der Waals surface area (Å²) in [6, 6.07) is 11.8. The van der Waals surface area contributed by atoms with Crippen LogP contribution < -0.4 is 5.32 Å². The van der Waals surface area contributed by atoms with Crippen LogP contribution in [-0.2, 0) is 4.79 Å². The summed E-state index contributed by atoms with van der Waals surface area (Å²) in [5.74, 6) is -0.609. The Kier molecular flexibility index (Phi) is 5.07. The maximum Gasteiger partial charge on any atom is 0.248 e. The van der Waals surface area contributed by atoms with Gasteiger partial charge in [0.15, 0.2) is 0 Å². The van der Waals surface area contributed by atoms with Gasteiger partial charge in [0.2, 0.25) is 11.7 Å². The Labute approximate surface area is 133 Å². The first-order chi connectivity index (χ1) is 10.5. The zero-order valence-electron chi connectivity index (χ0n) is 12.3. The highest BCUT2D eigenvalue weighted by molar-refractivity contribution is 6.30. The SMILES string of the molecule is CC(C)=CC(=O)Nc1ccc(Cl)nc1C(=O)c1ccccc1. The average molecular weight is 315 g/mol. The lowest BCUT2D eigenvalue weighted by molar-refractivity contribution is -0.111. The van der Waals surface area contributed by atoms with Crippen LogP contribution in [0.2, 0.25) is 5.15 Å². The lowest BCUT2D eigenvalue weighted by atomic mass is 10.1. The van der Waals surface area contributed by atoms with Gasteiger partial charge in [0, 0.05) is 11.6 Å². The van der Waals surface area contributed by atoms with Gasteiger partial charge in [0.1, 0.15) is 10.8 Å². The van der Waals surface area contributed by atoms with E-state index in [0.29, 0.717) is 11.3 Å². The fourth-order valence-corrected chi connectivity index (χ4v) is 2.01. The summed E-state index contributed by atoms with van der Waals surface area (Å²) in [7, 11) is 0. The molecule has 0 saturated carbocycles. The number of anilines is 1. The highest BCUT2D eigenvalue weighted by Crippen LogP contribution is 2.20. The molecule has 0 saturated heterocycles. The van der Waals surface area contributed by atoms with E-state index < -0.39 is 0 Å². The van der Waals surface area contributed by atoms with Crippen LogP contribution in [0.4, 0.5) is 5.69 Å². The number of aromatic nitrogens is 1. The largest absolute Gasteiger partial charge is 0.320 e. The number of nitrogens with zero attached hydrogens (tertiary/aromatic N) is 1. The minimum absolute atomic E-state index is 0.120. The van der Waals surface area contributed by atoms with Gasteiger partial charge in [-0.25, -0.2) is 4.98 Å². The molecule has 0 aliphatic heterocycles. The molecule has 5 heteroatoms. The Hall–Kier alpha value is -2.46. The molecule has 1 N–H and O–H groups in total. The van der Waals surface area contributed by atoms with Gasteiger partial charge in [-0.1, -0.05) is 47.5 Å². The number of hydrogen-bond acceptors (Lipinski definition) is 3. The van der Waals surface area contributed by atoms with E-state index in [9.17, 15) is 9.59 Å². The van der Waals surface area contributed by atoms with Crippen LogP contribution in [0, 0.1) is 0 Å². The Bertz CT molecular complexity index is 736. The van der Waals surface area contributed by atoms with Crippen LogP contribution >= 0.6 is 11.6 Å². The second-order valence-electron chi connectivity index (χ2n) is 4.94. The number of rotatable bonds is 4. The highest BCUT2D eigenvalue weighted by atomic mass is 35.5. The molecule has 0 bridgehead atoms. The number of carbonyl (C=O) groups excluding carboxylic acids is 2. The molecule has 0 unspecified atom stereocenters. The third-order valence-corrected chi connectivity index (χ3v) is 3.00. The summed E-state index contributed by atoms with van der Waals surface area (Å²) in [6.07, 6.45) is 1.45. The van der Waals surface area contributed by atoms with Crippen molar-refractivity contribution in [2.75, 3.05) is 5.32 Å². The molecule has 112 valence electrons. The van der Waals surface area contributed by atoms with Crippen LogP contribution in [-0.4, -0.2) is 16.7 Å². The number of hydrogen-bond donors (Lipinski definition) is 1. The number of carbonyl (C=O) groups is 2. The van der Waals surface area contributed by atoms with Crippen molar-refractivity contribution >= 4 is 29.0 Å². The summed E-state index contributed by atoms with van der Waals surface area (Å²) in [4.78, 5) is 28.5. The predicted molar refractivity (Wildman–Crippen MR) is 87.2 cm³/mol. The first kappa shape index (κ1) is 15.9. The second-order valence-corrected chi connectivity index (χ2v) is 5.32. The third-order valence-electron chi connectivity index (χ3n) is 2.79. The predicted octanol–water partition coefficient (Wildman–Crippen LogP) is 3.87. The van der Waals surface area contributed by atoms with Crippen molar-refractivity contribution in [1.82, 2.24) is 4.98 Å². The standard InChI is InChI=1S/C17H15ClN2O2/c1-11(2)10-15(21)19-13-8-9-14(18)20-16(13)17(22)12-6-4-3-5-7-12/h3-10H,1-2H3,(H,19,21). The maximum atomic E-state index is 12.5. The number of nitrogens with one attached hydrogen (secondary N) is 1. The van der Waals surface area contributed by atoms with E-state index in [1.54, 1.807) is 30.3 Å². The molecule has 0 radical (unpaired) electrons. The van der Waals surface area contributed by atoms with Crippen molar-refractivity contribution in [2.45, 2.75) is 13.8 Å². The monoisotopic (exact) mass is 314 g/mol. The summed E-state index contributed by atoms with van der Waals surface area (Å²) in [5, 5.41) is 2.86. The van der Waals surface area contributed by atoms with E-state index in [0.717, 1.165) is 5.57 Å². The van der Waals surface area contributed by atoms with Gasteiger partial charge in [-0.3, -0.25) is 9.59 Å². The normalized spacial score (nSPS) is 9.95. The number of halogens is 1. The van der Waals surface area contributed by atoms with Gasteiger partial charge < -0.3 is 5.32 Å². The minimum atomic E-state index is -0.314. The molecular formula is C17H15ClN2O2. The first-order valence-corrected chi connectivity index (χ1v) is 7.07. The Morgan fingerprint density at radius 2 is 1.77 bits per heavy atom. The molecule has 2 aromatic rings. The molecule has 0 atom stereocenters. The lowest BCUT2D eigenvalue weighted by Crippen LogP contribution is -2.14. The van der Waals surface area contributed by atoms with Gasteiger partial charge >= 0.3 is 0 Å². The average Bonchev–Trinajstić information content (AvgIpc) is 2.48. The van der Waals surface area contributed by atoms with Gasteiger partial charge in [-0.05, 0) is 26.0 Å². The van der Waals surface area contributed by atoms with Crippen LogP contribution in [0.25, 0.3) is 0 Å². The van der Waals surface area contributed by atoms with Crippen molar-refractivity contribution in [3.8, 4) is 0 Å². The zero-order valence-corrected chi connectivity index (χ0v) is 13.0. The van der Waals surface area contributed by atoms with Crippen molar-refractivity contribution in [3.63, 3.8) is 0 Å². The van der Waals surface area contributed by atoms with Crippen LogP contribution in [0.5, 0.6) is 0 Å². The van der Waals surface area contributed by atoms with E-state index in [1.807, 2.05) is 19.9 Å². The smallest absolute Gasteiger partial charge is 0.248 e. The van der Waals surface area contributed by atoms with Crippen molar-refractivity contribution in [3.05, 3.63) is 70.5 Å². The van der Waals surface area contributed by atoms with Crippen LogP contribution in [0.1, 0.15) is 29.9 Å². The highest BCUT2D eigenvalue weighted by Gasteiger charge is 2.17. The van der Waals surface area contributed by atoms with Crippen LogP contribution in [0.3, 0.4) is 0 Å². The molecular weight excluding hydrogens is 300 g/mol. The van der Waals surface area contributed by atoms with Gasteiger partial charge in [-0.2, -0.15) is 0 Å². The van der Waals surface area contributed by atoms with E-state index in [2.05, 4.69) is 10.3 Å². The van der Waals surface area contributed by atoms with E-state index in [-0.39, 0.29) is 22.5 Å². The summed E-state index contributed by atoms with van der Waals surface area (Å²) >= 11 is 5.88. The minimum Gasteiger partial charge on any atom is -0.320 e. The fourth-order valence-electron chi connectivity index (χ4n) is 1.87. The van der Waals surface area contributed by atoms with E-state index in [4.69, 9.17) is 11.6 Å². The quantitative estimate of drug-likeness (QED) is 0.529. The molecule has 0 aliphatic carbocycles. The molecule has 1 amide bonds.